The van der Waals surface area contributed by atoms with Crippen molar-refractivity contribution in [1.29, 1.82) is 0 Å². The number of aromatic amines is 1. The predicted molar refractivity (Wildman–Crippen MR) is 121 cm³/mol. The molecule has 0 unspecified atom stereocenters. The number of hydrogen-bond acceptors (Lipinski definition) is 5. The topological polar surface area (TPSA) is 82.4 Å². The number of benzene rings is 2. The molecule has 0 aliphatic carbocycles. The van der Waals surface area contributed by atoms with Crippen molar-refractivity contribution in [1.82, 2.24) is 9.97 Å². The molecule has 0 atom stereocenters. The van der Waals surface area contributed by atoms with Crippen molar-refractivity contribution in [3.63, 3.8) is 0 Å². The summed E-state index contributed by atoms with van der Waals surface area (Å²) in [7, 11) is 2.11. The van der Waals surface area contributed by atoms with Gasteiger partial charge < -0.3 is 19.4 Å². The highest BCUT2D eigenvalue weighted by Crippen LogP contribution is 2.37. The SMILES string of the molecule is Cc1cc(=O)c(O)c(-c2[nH]c(-c3ccc4c(c3)CCCN4C)nc2-c2ccccc2)o1. The summed E-state index contributed by atoms with van der Waals surface area (Å²) in [5.41, 5.74) is 4.96. The van der Waals surface area contributed by atoms with E-state index in [1.165, 1.54) is 17.3 Å². The van der Waals surface area contributed by atoms with Gasteiger partial charge in [0.2, 0.25) is 11.2 Å². The average Bonchev–Trinajstić information content (AvgIpc) is 3.22. The van der Waals surface area contributed by atoms with Gasteiger partial charge in [0.1, 0.15) is 23.0 Å². The average molecular weight is 413 g/mol. The molecule has 2 aromatic carbocycles. The Kier molecular flexibility index (Phi) is 4.62. The summed E-state index contributed by atoms with van der Waals surface area (Å²) in [4.78, 5) is 22.6. The fourth-order valence-electron chi connectivity index (χ4n) is 4.18. The van der Waals surface area contributed by atoms with E-state index < -0.39 is 11.2 Å². The first-order valence-electron chi connectivity index (χ1n) is 10.3. The van der Waals surface area contributed by atoms with E-state index in [1.807, 2.05) is 36.4 Å². The van der Waals surface area contributed by atoms with E-state index in [0.717, 1.165) is 30.5 Å². The predicted octanol–water partition coefficient (Wildman–Crippen LogP) is 4.76. The van der Waals surface area contributed by atoms with E-state index in [9.17, 15) is 9.90 Å². The molecule has 0 bridgehead atoms. The monoisotopic (exact) mass is 413 g/mol. The van der Waals surface area contributed by atoms with Gasteiger partial charge in [-0.15, -0.1) is 0 Å². The van der Waals surface area contributed by atoms with Crippen LogP contribution in [0.4, 0.5) is 5.69 Å². The van der Waals surface area contributed by atoms with E-state index in [1.54, 1.807) is 6.92 Å². The first-order chi connectivity index (χ1) is 15.0. The number of hydrogen-bond donors (Lipinski definition) is 2. The number of nitrogens with zero attached hydrogens (tertiary/aromatic N) is 2. The lowest BCUT2D eigenvalue weighted by Crippen LogP contribution is -2.24. The number of anilines is 1. The lowest BCUT2D eigenvalue weighted by atomic mass is 9.99. The molecule has 156 valence electrons. The number of rotatable bonds is 3. The maximum absolute atomic E-state index is 12.2. The van der Waals surface area contributed by atoms with Crippen LogP contribution in [0.1, 0.15) is 17.7 Å². The highest BCUT2D eigenvalue weighted by Gasteiger charge is 2.22. The molecule has 0 radical (unpaired) electrons. The van der Waals surface area contributed by atoms with Crippen molar-refractivity contribution in [2.45, 2.75) is 19.8 Å². The van der Waals surface area contributed by atoms with Crippen molar-refractivity contribution < 1.29 is 9.52 Å². The van der Waals surface area contributed by atoms with Crippen LogP contribution in [-0.4, -0.2) is 28.7 Å². The minimum absolute atomic E-state index is 0.0975. The van der Waals surface area contributed by atoms with Crippen LogP contribution in [0.5, 0.6) is 5.75 Å². The summed E-state index contributed by atoms with van der Waals surface area (Å²) >= 11 is 0. The van der Waals surface area contributed by atoms with Crippen LogP contribution in [0.15, 0.2) is 63.8 Å². The molecule has 31 heavy (non-hydrogen) atoms. The molecule has 0 saturated heterocycles. The molecule has 6 heteroatoms. The number of aromatic nitrogens is 2. The summed E-state index contributed by atoms with van der Waals surface area (Å²) < 4.78 is 5.76. The number of imidazole rings is 1. The lowest BCUT2D eigenvalue weighted by Gasteiger charge is -2.27. The van der Waals surface area contributed by atoms with Crippen LogP contribution in [0.2, 0.25) is 0 Å². The second kappa shape index (κ2) is 7.47. The van der Waals surface area contributed by atoms with E-state index >= 15 is 0 Å². The summed E-state index contributed by atoms with van der Waals surface area (Å²) in [5, 5.41) is 10.5. The van der Waals surface area contributed by atoms with Gasteiger partial charge >= 0.3 is 0 Å². The van der Waals surface area contributed by atoms with Gasteiger partial charge in [0.05, 0.1) is 0 Å². The summed E-state index contributed by atoms with van der Waals surface area (Å²) in [6.07, 6.45) is 2.15. The number of aromatic hydroxyl groups is 1. The zero-order valence-electron chi connectivity index (χ0n) is 17.5. The van der Waals surface area contributed by atoms with Crippen molar-refractivity contribution in [2.24, 2.45) is 0 Å². The van der Waals surface area contributed by atoms with Gasteiger partial charge in [0, 0.05) is 36.5 Å². The van der Waals surface area contributed by atoms with Gasteiger partial charge in [-0.1, -0.05) is 30.3 Å². The molecule has 1 aliphatic heterocycles. The molecule has 2 aromatic heterocycles. The Hall–Kier alpha value is -3.80. The van der Waals surface area contributed by atoms with Crippen molar-refractivity contribution in [3.8, 4) is 39.8 Å². The van der Waals surface area contributed by atoms with Gasteiger partial charge in [-0.25, -0.2) is 4.98 Å². The summed E-state index contributed by atoms with van der Waals surface area (Å²) in [5.74, 6) is 0.753. The number of aryl methyl sites for hydroxylation is 2. The van der Waals surface area contributed by atoms with E-state index in [-0.39, 0.29) is 5.76 Å². The maximum Gasteiger partial charge on any atom is 0.227 e. The standard InChI is InChI=1S/C25H23N3O3/c1-15-13-20(29)23(30)24(31-15)22-21(16-7-4-3-5-8-16)26-25(27-22)18-10-11-19-17(14-18)9-6-12-28(19)2/h3-5,7-8,10-11,13-14,30H,6,9,12H2,1-2H3,(H,26,27). The van der Waals surface area contributed by atoms with Gasteiger partial charge in [0.15, 0.2) is 5.76 Å². The Morgan fingerprint density at radius 1 is 1.10 bits per heavy atom. The van der Waals surface area contributed by atoms with Crippen molar-refractivity contribution in [2.75, 3.05) is 18.5 Å². The Balaban J connectivity index is 1.71. The third-order valence-electron chi connectivity index (χ3n) is 5.73. The van der Waals surface area contributed by atoms with Crippen LogP contribution in [0.3, 0.4) is 0 Å². The lowest BCUT2D eigenvalue weighted by molar-refractivity contribution is 0.429. The maximum atomic E-state index is 12.2. The van der Waals surface area contributed by atoms with Crippen LogP contribution in [0, 0.1) is 6.92 Å². The number of H-pyrrole nitrogens is 1. The van der Waals surface area contributed by atoms with Crippen molar-refractivity contribution >= 4 is 5.69 Å². The molecule has 3 heterocycles. The van der Waals surface area contributed by atoms with E-state index in [4.69, 9.17) is 9.40 Å². The second-order valence-corrected chi connectivity index (χ2v) is 7.94. The van der Waals surface area contributed by atoms with Gasteiger partial charge in [0.25, 0.3) is 0 Å². The molecular weight excluding hydrogens is 390 g/mol. The molecule has 0 fully saturated rings. The molecule has 0 saturated carbocycles. The summed E-state index contributed by atoms with van der Waals surface area (Å²) in [6, 6.07) is 17.3. The second-order valence-electron chi connectivity index (χ2n) is 7.94. The Bertz CT molecular complexity index is 1320. The van der Waals surface area contributed by atoms with Gasteiger partial charge in [-0.05, 0) is 43.5 Å². The zero-order valence-corrected chi connectivity index (χ0v) is 17.5. The fourth-order valence-corrected chi connectivity index (χ4v) is 4.18. The Morgan fingerprint density at radius 2 is 1.90 bits per heavy atom. The molecule has 6 nitrogen and oxygen atoms in total. The normalized spacial score (nSPS) is 13.3. The van der Waals surface area contributed by atoms with Crippen LogP contribution >= 0.6 is 0 Å². The highest BCUT2D eigenvalue weighted by atomic mass is 16.4. The van der Waals surface area contributed by atoms with Gasteiger partial charge in [-0.2, -0.15) is 0 Å². The van der Waals surface area contributed by atoms with Crippen LogP contribution in [-0.2, 0) is 6.42 Å². The molecule has 2 N–H and O–H groups in total. The van der Waals surface area contributed by atoms with E-state index in [2.05, 4.69) is 29.1 Å². The molecule has 0 amide bonds. The molecule has 0 spiro atoms. The van der Waals surface area contributed by atoms with Crippen LogP contribution < -0.4 is 10.3 Å². The minimum atomic E-state index is -0.481. The zero-order chi connectivity index (χ0) is 21.5. The molecule has 1 aliphatic rings. The minimum Gasteiger partial charge on any atom is -0.501 e. The third-order valence-corrected chi connectivity index (χ3v) is 5.73. The fraction of sp³-hybridized carbons (Fsp3) is 0.200. The highest BCUT2D eigenvalue weighted by molar-refractivity contribution is 5.81. The van der Waals surface area contributed by atoms with Crippen LogP contribution in [0.25, 0.3) is 34.1 Å². The Morgan fingerprint density at radius 3 is 2.71 bits per heavy atom. The first kappa shape index (κ1) is 19.2. The quantitative estimate of drug-likeness (QED) is 0.506. The largest absolute Gasteiger partial charge is 0.501 e. The Labute approximate surface area is 179 Å². The van der Waals surface area contributed by atoms with Crippen molar-refractivity contribution in [3.05, 3.63) is 76.1 Å². The molecule has 5 rings (SSSR count). The van der Waals surface area contributed by atoms with Gasteiger partial charge in [-0.3, -0.25) is 4.79 Å². The molecule has 4 aromatic rings. The number of nitrogens with one attached hydrogen (secondary N) is 1. The smallest absolute Gasteiger partial charge is 0.227 e. The summed E-state index contributed by atoms with van der Waals surface area (Å²) in [6.45, 7) is 2.74. The molecular formula is C25H23N3O3. The third kappa shape index (κ3) is 3.40. The first-order valence-corrected chi connectivity index (χ1v) is 10.3. The van der Waals surface area contributed by atoms with E-state index in [0.29, 0.717) is 23.0 Å². The number of fused-ring (bicyclic) bond motifs is 1.